The molecule has 2 rings (SSSR count). The summed E-state index contributed by atoms with van der Waals surface area (Å²) in [5.41, 5.74) is 0.804. The van der Waals surface area contributed by atoms with Crippen LogP contribution in [0.4, 0.5) is 0 Å². The number of hydrogen-bond donors (Lipinski definition) is 3. The fraction of sp³-hybridized carbons (Fsp3) is 0.500. The molecule has 98 valence electrons. The van der Waals surface area contributed by atoms with Crippen LogP contribution in [0, 0.1) is 5.41 Å². The maximum atomic E-state index is 11.5. The first-order chi connectivity index (χ1) is 8.65. The van der Waals surface area contributed by atoms with Crippen LogP contribution in [0.2, 0.25) is 0 Å². The Morgan fingerprint density at radius 1 is 1.33 bits per heavy atom. The van der Waals surface area contributed by atoms with E-state index in [1.54, 1.807) is 11.3 Å². The van der Waals surface area contributed by atoms with Gasteiger partial charge in [0.2, 0.25) is 0 Å². The molecule has 0 atom stereocenters. The highest BCUT2D eigenvalue weighted by molar-refractivity contribution is 7.07. The fourth-order valence-electron chi connectivity index (χ4n) is 1.57. The first-order valence-corrected chi connectivity index (χ1v) is 6.77. The average Bonchev–Trinajstić information content (AvgIpc) is 2.99. The summed E-state index contributed by atoms with van der Waals surface area (Å²) in [7, 11) is 0. The standard InChI is InChI=1S/C12H16N2O3S/c15-8-12(2-3-12)7-14-11(17)10(16)13-5-9-1-4-18-6-9/h1,4,6,15H,2-3,5,7-8H2,(H,13,16)(H,14,17). The second-order valence-corrected chi connectivity index (χ2v) is 5.44. The Kier molecular flexibility index (Phi) is 3.98. The Hall–Kier alpha value is -1.40. The van der Waals surface area contributed by atoms with Crippen molar-refractivity contribution in [1.82, 2.24) is 10.6 Å². The SMILES string of the molecule is O=C(NCc1ccsc1)C(=O)NCC1(CO)CC1. The largest absolute Gasteiger partial charge is 0.396 e. The van der Waals surface area contributed by atoms with E-state index in [9.17, 15) is 9.59 Å². The van der Waals surface area contributed by atoms with Gasteiger partial charge >= 0.3 is 11.8 Å². The van der Waals surface area contributed by atoms with Crippen LogP contribution in [0.1, 0.15) is 18.4 Å². The summed E-state index contributed by atoms with van der Waals surface area (Å²) < 4.78 is 0. The third-order valence-corrected chi connectivity index (χ3v) is 3.89. The van der Waals surface area contributed by atoms with E-state index < -0.39 is 11.8 Å². The molecule has 0 unspecified atom stereocenters. The molecule has 1 heterocycles. The smallest absolute Gasteiger partial charge is 0.309 e. The minimum Gasteiger partial charge on any atom is -0.396 e. The molecular weight excluding hydrogens is 252 g/mol. The van der Waals surface area contributed by atoms with Gasteiger partial charge in [0.1, 0.15) is 0 Å². The molecule has 0 aromatic carbocycles. The maximum absolute atomic E-state index is 11.5. The van der Waals surface area contributed by atoms with Gasteiger partial charge < -0.3 is 15.7 Å². The van der Waals surface area contributed by atoms with Gasteiger partial charge in [-0.15, -0.1) is 0 Å². The van der Waals surface area contributed by atoms with Crippen molar-refractivity contribution in [2.75, 3.05) is 13.2 Å². The van der Waals surface area contributed by atoms with E-state index in [2.05, 4.69) is 10.6 Å². The summed E-state index contributed by atoms with van der Waals surface area (Å²) in [6, 6.07) is 1.90. The molecule has 0 radical (unpaired) electrons. The molecule has 1 saturated carbocycles. The van der Waals surface area contributed by atoms with Crippen molar-refractivity contribution in [2.24, 2.45) is 5.41 Å². The van der Waals surface area contributed by atoms with Gasteiger partial charge in [-0.2, -0.15) is 11.3 Å². The number of thiophene rings is 1. The molecule has 0 spiro atoms. The summed E-state index contributed by atoms with van der Waals surface area (Å²) in [5.74, 6) is -1.26. The van der Waals surface area contributed by atoms with Crippen molar-refractivity contribution in [3.8, 4) is 0 Å². The second-order valence-electron chi connectivity index (χ2n) is 4.66. The van der Waals surface area contributed by atoms with Crippen molar-refractivity contribution in [3.63, 3.8) is 0 Å². The summed E-state index contributed by atoms with van der Waals surface area (Å²) in [5, 5.41) is 18.0. The molecule has 0 aliphatic heterocycles. The van der Waals surface area contributed by atoms with Crippen LogP contribution in [0.5, 0.6) is 0 Å². The molecule has 0 saturated heterocycles. The first kappa shape index (κ1) is 13.0. The van der Waals surface area contributed by atoms with Gasteiger partial charge in [0.25, 0.3) is 0 Å². The Balaban J connectivity index is 1.70. The van der Waals surface area contributed by atoms with Crippen molar-refractivity contribution in [2.45, 2.75) is 19.4 Å². The number of rotatable bonds is 5. The zero-order chi connectivity index (χ0) is 13.0. The van der Waals surface area contributed by atoms with E-state index in [1.807, 2.05) is 16.8 Å². The van der Waals surface area contributed by atoms with Gasteiger partial charge in [0.05, 0.1) is 6.61 Å². The van der Waals surface area contributed by atoms with Crippen molar-refractivity contribution >= 4 is 23.2 Å². The third-order valence-electron chi connectivity index (χ3n) is 3.16. The Bertz CT molecular complexity index is 427. The van der Waals surface area contributed by atoms with Crippen LogP contribution < -0.4 is 10.6 Å². The van der Waals surface area contributed by atoms with Crippen LogP contribution in [0.3, 0.4) is 0 Å². The normalized spacial score (nSPS) is 16.1. The third kappa shape index (κ3) is 3.30. The molecule has 1 aromatic heterocycles. The highest BCUT2D eigenvalue weighted by Crippen LogP contribution is 2.44. The molecule has 2 amide bonds. The van der Waals surface area contributed by atoms with Crippen LogP contribution in [-0.2, 0) is 16.1 Å². The predicted octanol–water partition coefficient (Wildman–Crippen LogP) is 0.253. The molecular formula is C12H16N2O3S. The molecule has 0 bridgehead atoms. The number of amides is 2. The van der Waals surface area contributed by atoms with Gasteiger partial charge in [-0.05, 0) is 35.2 Å². The molecule has 3 N–H and O–H groups in total. The Labute approximate surface area is 109 Å². The summed E-state index contributed by atoms with van der Waals surface area (Å²) in [6.07, 6.45) is 1.81. The van der Waals surface area contributed by atoms with E-state index in [0.717, 1.165) is 18.4 Å². The molecule has 1 aliphatic rings. The number of aliphatic hydroxyl groups excluding tert-OH is 1. The van der Waals surface area contributed by atoms with Crippen molar-refractivity contribution in [3.05, 3.63) is 22.4 Å². The zero-order valence-electron chi connectivity index (χ0n) is 9.94. The van der Waals surface area contributed by atoms with Gasteiger partial charge in [0.15, 0.2) is 0 Å². The Morgan fingerprint density at radius 2 is 2.06 bits per heavy atom. The molecule has 1 aromatic rings. The lowest BCUT2D eigenvalue weighted by Crippen LogP contribution is -2.42. The second kappa shape index (κ2) is 5.49. The van der Waals surface area contributed by atoms with Gasteiger partial charge in [-0.25, -0.2) is 0 Å². The minimum atomic E-state index is -0.634. The van der Waals surface area contributed by atoms with E-state index in [4.69, 9.17) is 5.11 Å². The topological polar surface area (TPSA) is 78.4 Å². The highest BCUT2D eigenvalue weighted by Gasteiger charge is 2.42. The summed E-state index contributed by atoms with van der Waals surface area (Å²) in [6.45, 7) is 0.791. The van der Waals surface area contributed by atoms with Crippen LogP contribution >= 0.6 is 11.3 Å². The average molecular weight is 268 g/mol. The number of carbonyl (C=O) groups is 2. The number of aliphatic hydroxyl groups is 1. The number of nitrogens with one attached hydrogen (secondary N) is 2. The number of carbonyl (C=O) groups excluding carboxylic acids is 2. The quantitative estimate of drug-likeness (QED) is 0.670. The number of hydrogen-bond acceptors (Lipinski definition) is 4. The maximum Gasteiger partial charge on any atom is 0.309 e. The van der Waals surface area contributed by atoms with Crippen LogP contribution in [0.25, 0.3) is 0 Å². The van der Waals surface area contributed by atoms with Gasteiger partial charge in [-0.3, -0.25) is 9.59 Å². The van der Waals surface area contributed by atoms with Crippen molar-refractivity contribution < 1.29 is 14.7 Å². The molecule has 6 heteroatoms. The van der Waals surface area contributed by atoms with E-state index in [0.29, 0.717) is 13.1 Å². The zero-order valence-corrected chi connectivity index (χ0v) is 10.8. The first-order valence-electron chi connectivity index (χ1n) is 5.83. The van der Waals surface area contributed by atoms with Gasteiger partial charge in [-0.1, -0.05) is 0 Å². The van der Waals surface area contributed by atoms with E-state index in [-0.39, 0.29) is 12.0 Å². The summed E-state index contributed by atoms with van der Waals surface area (Å²) in [4.78, 5) is 23.0. The lowest BCUT2D eigenvalue weighted by Gasteiger charge is -2.12. The van der Waals surface area contributed by atoms with Crippen molar-refractivity contribution in [1.29, 1.82) is 0 Å². The van der Waals surface area contributed by atoms with Gasteiger partial charge in [0, 0.05) is 18.5 Å². The molecule has 1 fully saturated rings. The lowest BCUT2D eigenvalue weighted by atomic mass is 10.1. The van der Waals surface area contributed by atoms with E-state index >= 15 is 0 Å². The highest BCUT2D eigenvalue weighted by atomic mass is 32.1. The minimum absolute atomic E-state index is 0.0593. The fourth-order valence-corrected chi connectivity index (χ4v) is 2.24. The van der Waals surface area contributed by atoms with E-state index in [1.165, 1.54) is 0 Å². The monoisotopic (exact) mass is 268 g/mol. The van der Waals surface area contributed by atoms with Crippen LogP contribution in [0.15, 0.2) is 16.8 Å². The molecule has 1 aliphatic carbocycles. The molecule has 5 nitrogen and oxygen atoms in total. The Morgan fingerprint density at radius 3 is 2.61 bits per heavy atom. The summed E-state index contributed by atoms with van der Waals surface area (Å²) >= 11 is 1.54. The predicted molar refractivity (Wildman–Crippen MR) is 67.9 cm³/mol. The lowest BCUT2D eigenvalue weighted by molar-refractivity contribution is -0.139. The van der Waals surface area contributed by atoms with Crippen LogP contribution in [-0.4, -0.2) is 30.1 Å². The molecule has 18 heavy (non-hydrogen) atoms.